The zero-order chi connectivity index (χ0) is 9.56. The molecule has 0 spiro atoms. The lowest BCUT2D eigenvalue weighted by molar-refractivity contribution is 0.764. The number of aliphatic imine (C=N–C) groups is 1. The Balaban J connectivity index is 4.24. The van der Waals surface area contributed by atoms with Crippen LogP contribution in [0.25, 0.3) is 0 Å². The molecular weight excluding hydrogens is 150 g/mol. The molecule has 0 atom stereocenters. The first-order chi connectivity index (χ1) is 5.63. The van der Waals surface area contributed by atoms with Crippen LogP contribution in [0.15, 0.2) is 16.3 Å². The van der Waals surface area contributed by atoms with Crippen molar-refractivity contribution in [3.8, 4) is 0 Å². The third-order valence-corrected chi connectivity index (χ3v) is 1.72. The summed E-state index contributed by atoms with van der Waals surface area (Å²) < 4.78 is 0. The van der Waals surface area contributed by atoms with Gasteiger partial charge in [0.1, 0.15) is 5.84 Å². The fraction of sp³-hybridized carbons (Fsp3) is 0.556. The largest absolute Gasteiger partial charge is 0.388 e. The quantitative estimate of drug-likeness (QED) is 0.488. The Morgan fingerprint density at radius 3 is 2.50 bits per heavy atom. The van der Waals surface area contributed by atoms with Gasteiger partial charge in [-0.1, -0.05) is 6.92 Å². The van der Waals surface area contributed by atoms with E-state index < -0.39 is 0 Å². The van der Waals surface area contributed by atoms with Gasteiger partial charge in [-0.15, -0.1) is 0 Å². The Morgan fingerprint density at radius 2 is 2.08 bits per heavy atom. The smallest absolute Gasteiger partial charge is 0.148 e. The Hall–Kier alpha value is -1.12. The molecule has 0 heterocycles. The lowest BCUT2D eigenvalue weighted by Gasteiger charge is -2.07. The van der Waals surface area contributed by atoms with Crippen LogP contribution in [-0.2, 0) is 0 Å². The number of amidine groups is 1. The first-order valence-corrected chi connectivity index (χ1v) is 4.10. The molecule has 0 aliphatic rings. The lowest BCUT2D eigenvalue weighted by atomic mass is 10.2. The second-order valence-corrected chi connectivity index (χ2v) is 2.68. The number of allylic oxidation sites excluding steroid dienone is 1. The summed E-state index contributed by atoms with van der Waals surface area (Å²) in [4.78, 5) is 3.55. The maximum absolute atomic E-state index is 7.38. The van der Waals surface area contributed by atoms with Crippen molar-refractivity contribution < 1.29 is 0 Å². The average Bonchev–Trinajstić information content (AvgIpc) is 2.11. The number of rotatable bonds is 4. The van der Waals surface area contributed by atoms with Gasteiger partial charge in [0.2, 0.25) is 0 Å². The van der Waals surface area contributed by atoms with E-state index in [2.05, 4.69) is 24.0 Å². The number of hydrogen-bond donors (Lipinski definition) is 2. The highest BCUT2D eigenvalue weighted by molar-refractivity contribution is 5.98. The molecule has 0 aromatic heterocycles. The molecule has 0 aromatic carbocycles. The van der Waals surface area contributed by atoms with Crippen LogP contribution in [0.1, 0.15) is 27.2 Å². The molecule has 0 radical (unpaired) electrons. The predicted molar refractivity (Wildman–Crippen MR) is 53.9 cm³/mol. The molecule has 0 unspecified atom stereocenters. The third kappa shape index (κ3) is 3.32. The minimum Gasteiger partial charge on any atom is -0.388 e. The molecule has 2 N–H and O–H groups in total. The minimum absolute atomic E-state index is 0.246. The van der Waals surface area contributed by atoms with E-state index in [1.807, 2.05) is 13.8 Å². The van der Waals surface area contributed by atoms with E-state index in [-0.39, 0.29) is 5.84 Å². The van der Waals surface area contributed by atoms with Crippen molar-refractivity contribution in [3.63, 3.8) is 0 Å². The lowest BCUT2D eigenvalue weighted by Crippen LogP contribution is -2.15. The van der Waals surface area contributed by atoms with Crippen molar-refractivity contribution in [3.05, 3.63) is 11.3 Å². The summed E-state index contributed by atoms with van der Waals surface area (Å²) in [5.74, 6) is 0.246. The number of nitrogens with zero attached hydrogens (tertiary/aromatic N) is 1. The molecule has 0 aliphatic carbocycles. The second-order valence-electron chi connectivity index (χ2n) is 2.68. The summed E-state index contributed by atoms with van der Waals surface area (Å²) in [6.45, 7) is 10.2. The Labute approximate surface area is 74.1 Å². The summed E-state index contributed by atoms with van der Waals surface area (Å²) in [6, 6.07) is 0. The van der Waals surface area contributed by atoms with E-state index >= 15 is 0 Å². The highest BCUT2D eigenvalue weighted by Crippen LogP contribution is 2.01. The van der Waals surface area contributed by atoms with Gasteiger partial charge in [0.15, 0.2) is 0 Å². The van der Waals surface area contributed by atoms with Crippen molar-refractivity contribution in [2.45, 2.75) is 27.2 Å². The van der Waals surface area contributed by atoms with Gasteiger partial charge in [-0.05, 0) is 27.0 Å². The first kappa shape index (κ1) is 10.9. The van der Waals surface area contributed by atoms with Gasteiger partial charge in [0, 0.05) is 17.8 Å². The Bertz CT molecular complexity index is 204. The standard InChI is InChI=1S/C9H17N3/c1-5-6-12-8(3)7(2)9(10)11-4/h10,12H,4-6H2,1-3H3. The molecule has 0 bridgehead atoms. The number of hydrogen-bond acceptors (Lipinski definition) is 2. The van der Waals surface area contributed by atoms with Gasteiger partial charge in [-0.3, -0.25) is 5.41 Å². The van der Waals surface area contributed by atoms with Crippen molar-refractivity contribution >= 4 is 12.6 Å². The summed E-state index contributed by atoms with van der Waals surface area (Å²) in [6.07, 6.45) is 1.08. The minimum atomic E-state index is 0.246. The van der Waals surface area contributed by atoms with Crippen LogP contribution >= 0.6 is 0 Å². The highest BCUT2D eigenvalue weighted by atomic mass is 14.9. The van der Waals surface area contributed by atoms with Gasteiger partial charge in [-0.2, -0.15) is 0 Å². The summed E-state index contributed by atoms with van der Waals surface area (Å²) in [5.41, 5.74) is 1.87. The Kier molecular flexibility index (Phi) is 5.00. The number of nitrogens with one attached hydrogen (secondary N) is 2. The molecule has 0 fully saturated rings. The van der Waals surface area contributed by atoms with Crippen LogP contribution < -0.4 is 5.32 Å². The molecule has 0 rings (SSSR count). The normalized spacial score (nSPS) is 11.9. The van der Waals surface area contributed by atoms with Crippen molar-refractivity contribution in [2.24, 2.45) is 4.99 Å². The maximum atomic E-state index is 7.38. The summed E-state index contributed by atoms with van der Waals surface area (Å²) in [7, 11) is 0. The van der Waals surface area contributed by atoms with Crippen LogP contribution in [0.2, 0.25) is 0 Å². The zero-order valence-electron chi connectivity index (χ0n) is 8.07. The van der Waals surface area contributed by atoms with Crippen molar-refractivity contribution in [2.75, 3.05) is 6.54 Å². The van der Waals surface area contributed by atoms with E-state index in [4.69, 9.17) is 5.41 Å². The third-order valence-electron chi connectivity index (χ3n) is 1.72. The van der Waals surface area contributed by atoms with Gasteiger partial charge in [0.25, 0.3) is 0 Å². The van der Waals surface area contributed by atoms with Crippen molar-refractivity contribution in [1.29, 1.82) is 5.41 Å². The average molecular weight is 167 g/mol. The monoisotopic (exact) mass is 167 g/mol. The first-order valence-electron chi connectivity index (χ1n) is 4.10. The van der Waals surface area contributed by atoms with Crippen LogP contribution in [0.3, 0.4) is 0 Å². The zero-order valence-corrected chi connectivity index (χ0v) is 8.07. The van der Waals surface area contributed by atoms with Gasteiger partial charge in [-0.25, -0.2) is 4.99 Å². The van der Waals surface area contributed by atoms with Crippen LogP contribution in [0.4, 0.5) is 0 Å². The van der Waals surface area contributed by atoms with E-state index in [0.717, 1.165) is 24.2 Å². The molecule has 0 saturated carbocycles. The fourth-order valence-corrected chi connectivity index (χ4v) is 0.741. The molecule has 12 heavy (non-hydrogen) atoms. The van der Waals surface area contributed by atoms with E-state index in [0.29, 0.717) is 0 Å². The predicted octanol–water partition coefficient (Wildman–Crippen LogP) is 1.96. The van der Waals surface area contributed by atoms with Gasteiger partial charge < -0.3 is 5.32 Å². The van der Waals surface area contributed by atoms with Gasteiger partial charge >= 0.3 is 0 Å². The Morgan fingerprint density at radius 1 is 1.50 bits per heavy atom. The molecule has 0 aromatic rings. The van der Waals surface area contributed by atoms with Gasteiger partial charge in [0.05, 0.1) is 0 Å². The topological polar surface area (TPSA) is 48.2 Å². The SMILES string of the molecule is C=NC(=N)C(C)=C(C)NCCC. The highest BCUT2D eigenvalue weighted by Gasteiger charge is 1.99. The summed E-state index contributed by atoms with van der Waals surface area (Å²) in [5, 5.41) is 10.6. The van der Waals surface area contributed by atoms with Crippen LogP contribution in [-0.4, -0.2) is 19.1 Å². The molecule has 0 aliphatic heterocycles. The summed E-state index contributed by atoms with van der Waals surface area (Å²) >= 11 is 0. The fourth-order valence-electron chi connectivity index (χ4n) is 0.741. The molecule has 0 amide bonds. The van der Waals surface area contributed by atoms with Crippen LogP contribution in [0.5, 0.6) is 0 Å². The molecular formula is C9H17N3. The maximum Gasteiger partial charge on any atom is 0.148 e. The van der Waals surface area contributed by atoms with E-state index in [1.54, 1.807) is 0 Å². The molecule has 3 nitrogen and oxygen atoms in total. The van der Waals surface area contributed by atoms with E-state index in [9.17, 15) is 0 Å². The van der Waals surface area contributed by atoms with E-state index in [1.165, 1.54) is 0 Å². The molecule has 68 valence electrons. The van der Waals surface area contributed by atoms with Crippen molar-refractivity contribution in [1.82, 2.24) is 5.32 Å². The molecule has 3 heteroatoms. The van der Waals surface area contributed by atoms with Crippen LogP contribution in [0, 0.1) is 5.41 Å². The second kappa shape index (κ2) is 5.52. The molecule has 0 saturated heterocycles.